The third-order valence-corrected chi connectivity index (χ3v) is 5.79. The summed E-state index contributed by atoms with van der Waals surface area (Å²) in [6.07, 6.45) is 4.00. The molecule has 0 aliphatic rings. The highest BCUT2D eigenvalue weighted by molar-refractivity contribution is 7.14. The van der Waals surface area contributed by atoms with E-state index >= 15 is 0 Å². The van der Waals surface area contributed by atoms with Crippen molar-refractivity contribution < 1.29 is 4.79 Å². The lowest BCUT2D eigenvalue weighted by molar-refractivity contribution is -0.120. The summed E-state index contributed by atoms with van der Waals surface area (Å²) in [4.78, 5) is 17.1. The van der Waals surface area contributed by atoms with Gasteiger partial charge < -0.3 is 10.6 Å². The first-order valence-corrected chi connectivity index (χ1v) is 11.2. The molecule has 0 spiro atoms. The van der Waals surface area contributed by atoms with Gasteiger partial charge in [0.25, 0.3) is 0 Å². The van der Waals surface area contributed by atoms with Gasteiger partial charge in [0.2, 0.25) is 5.91 Å². The van der Waals surface area contributed by atoms with E-state index in [0.717, 1.165) is 53.4 Å². The summed E-state index contributed by atoms with van der Waals surface area (Å²) in [5.74, 6) is 0.184. The monoisotopic (exact) mass is 427 g/mol. The lowest BCUT2D eigenvalue weighted by Crippen LogP contribution is -2.22. The molecule has 0 saturated carbocycles. The number of unbranched alkanes of at least 4 members (excludes halogenated alkanes) is 1. The van der Waals surface area contributed by atoms with Crippen LogP contribution in [0.2, 0.25) is 5.02 Å². The number of carbonyl (C=O) groups excluding carboxylic acids is 1. The molecule has 0 radical (unpaired) electrons. The number of anilines is 3. The predicted octanol–water partition coefficient (Wildman–Crippen LogP) is 7.36. The van der Waals surface area contributed by atoms with Gasteiger partial charge in [-0.2, -0.15) is 0 Å². The maximum absolute atomic E-state index is 12.5. The summed E-state index contributed by atoms with van der Waals surface area (Å²) in [7, 11) is 0. The molecule has 152 valence electrons. The number of amides is 1. The van der Waals surface area contributed by atoms with Crippen molar-refractivity contribution in [3.05, 3.63) is 58.9 Å². The Morgan fingerprint density at radius 3 is 2.62 bits per heavy atom. The van der Waals surface area contributed by atoms with Crippen LogP contribution in [0, 0.1) is 5.92 Å². The highest BCUT2D eigenvalue weighted by Crippen LogP contribution is 2.29. The van der Waals surface area contributed by atoms with E-state index in [-0.39, 0.29) is 11.8 Å². The number of nitrogens with one attached hydrogen (secondary N) is 2. The van der Waals surface area contributed by atoms with Crippen LogP contribution in [-0.2, 0) is 4.79 Å². The number of carbonyl (C=O) groups is 1. The molecule has 1 unspecified atom stereocenters. The first kappa shape index (κ1) is 21.3. The van der Waals surface area contributed by atoms with Gasteiger partial charge in [0.1, 0.15) is 0 Å². The molecule has 1 atom stereocenters. The molecule has 1 amide bonds. The molecular formula is C23H26ClN3OS. The molecule has 3 rings (SSSR count). The van der Waals surface area contributed by atoms with Gasteiger partial charge in [-0.15, -0.1) is 11.3 Å². The van der Waals surface area contributed by atoms with E-state index in [9.17, 15) is 4.79 Å². The number of benzene rings is 2. The lowest BCUT2D eigenvalue weighted by Gasteiger charge is -2.14. The Hall–Kier alpha value is -2.37. The van der Waals surface area contributed by atoms with Crippen LogP contribution < -0.4 is 10.6 Å². The first-order valence-electron chi connectivity index (χ1n) is 9.98. The minimum absolute atomic E-state index is 0.0771. The third kappa shape index (κ3) is 6.05. The maximum atomic E-state index is 12.5. The zero-order valence-electron chi connectivity index (χ0n) is 16.7. The number of halogens is 1. The zero-order chi connectivity index (χ0) is 20.6. The van der Waals surface area contributed by atoms with Gasteiger partial charge in [0, 0.05) is 33.3 Å². The Balaban J connectivity index is 1.63. The van der Waals surface area contributed by atoms with Gasteiger partial charge in [0.05, 0.1) is 5.69 Å². The molecule has 29 heavy (non-hydrogen) atoms. The van der Waals surface area contributed by atoms with E-state index in [0.29, 0.717) is 5.02 Å². The number of aromatic nitrogens is 1. The normalized spacial score (nSPS) is 11.8. The van der Waals surface area contributed by atoms with Crippen LogP contribution in [0.4, 0.5) is 16.5 Å². The smallest absolute Gasteiger partial charge is 0.227 e. The van der Waals surface area contributed by atoms with E-state index < -0.39 is 0 Å². The maximum Gasteiger partial charge on any atom is 0.227 e. The molecule has 0 fully saturated rings. The second-order valence-corrected chi connectivity index (χ2v) is 8.28. The molecule has 4 nitrogen and oxygen atoms in total. The summed E-state index contributed by atoms with van der Waals surface area (Å²) < 4.78 is 0. The van der Waals surface area contributed by atoms with Crippen molar-refractivity contribution in [2.75, 3.05) is 10.6 Å². The van der Waals surface area contributed by atoms with Crippen LogP contribution in [0.3, 0.4) is 0 Å². The average molecular weight is 428 g/mol. The minimum Gasteiger partial charge on any atom is -0.331 e. The van der Waals surface area contributed by atoms with Crippen LogP contribution in [0.5, 0.6) is 0 Å². The van der Waals surface area contributed by atoms with Gasteiger partial charge in [-0.05, 0) is 43.2 Å². The molecule has 2 aromatic carbocycles. The van der Waals surface area contributed by atoms with E-state index in [2.05, 4.69) is 29.5 Å². The SMILES string of the molecule is CCCCC(CC)C(=O)Nc1ccc(-c2csc(Nc3cccc(Cl)c3)n2)cc1. The minimum atomic E-state index is 0.0771. The number of hydrogen-bond acceptors (Lipinski definition) is 4. The van der Waals surface area contributed by atoms with Crippen molar-refractivity contribution in [2.45, 2.75) is 39.5 Å². The van der Waals surface area contributed by atoms with Crippen LogP contribution in [-0.4, -0.2) is 10.9 Å². The fourth-order valence-corrected chi connectivity index (χ4v) is 4.02. The molecular weight excluding hydrogens is 402 g/mol. The summed E-state index contributed by atoms with van der Waals surface area (Å²) in [6, 6.07) is 15.4. The fraction of sp³-hybridized carbons (Fsp3) is 0.304. The van der Waals surface area contributed by atoms with Crippen molar-refractivity contribution in [2.24, 2.45) is 5.92 Å². The van der Waals surface area contributed by atoms with Crippen molar-refractivity contribution in [1.29, 1.82) is 0 Å². The first-order chi connectivity index (χ1) is 14.1. The highest BCUT2D eigenvalue weighted by atomic mass is 35.5. The number of nitrogens with zero attached hydrogens (tertiary/aromatic N) is 1. The molecule has 6 heteroatoms. The van der Waals surface area contributed by atoms with Crippen LogP contribution in [0.25, 0.3) is 11.3 Å². The number of hydrogen-bond donors (Lipinski definition) is 2. The van der Waals surface area contributed by atoms with Crippen molar-refractivity contribution in [1.82, 2.24) is 4.98 Å². The van der Waals surface area contributed by atoms with E-state index in [1.54, 1.807) is 0 Å². The van der Waals surface area contributed by atoms with Crippen molar-refractivity contribution in [3.63, 3.8) is 0 Å². The zero-order valence-corrected chi connectivity index (χ0v) is 18.3. The summed E-state index contributed by atoms with van der Waals surface area (Å²) in [5.41, 5.74) is 3.63. The standard InChI is InChI=1S/C23H26ClN3OS/c1-3-5-7-16(4-2)22(28)25-19-12-10-17(11-13-19)21-15-29-23(27-21)26-20-9-6-8-18(24)14-20/h6,8-16H,3-5,7H2,1-2H3,(H,25,28)(H,26,27). The second kappa shape index (κ2) is 10.4. The Morgan fingerprint density at radius 2 is 1.93 bits per heavy atom. The van der Waals surface area contributed by atoms with Crippen molar-refractivity contribution in [3.8, 4) is 11.3 Å². The van der Waals surface area contributed by atoms with E-state index in [1.165, 1.54) is 11.3 Å². The average Bonchev–Trinajstić information content (AvgIpc) is 3.17. The molecule has 1 aromatic heterocycles. The van der Waals surface area contributed by atoms with Gasteiger partial charge in [-0.25, -0.2) is 4.98 Å². The largest absolute Gasteiger partial charge is 0.331 e. The Kier molecular flexibility index (Phi) is 7.67. The van der Waals surface area contributed by atoms with E-state index in [1.807, 2.05) is 53.9 Å². The van der Waals surface area contributed by atoms with E-state index in [4.69, 9.17) is 11.6 Å². The molecule has 0 aliphatic carbocycles. The summed E-state index contributed by atoms with van der Waals surface area (Å²) >= 11 is 7.57. The Morgan fingerprint density at radius 1 is 1.14 bits per heavy atom. The number of thiazole rings is 1. The molecule has 0 aliphatic heterocycles. The van der Waals surface area contributed by atoms with Gasteiger partial charge >= 0.3 is 0 Å². The van der Waals surface area contributed by atoms with Crippen LogP contribution >= 0.6 is 22.9 Å². The molecule has 2 N–H and O–H groups in total. The lowest BCUT2D eigenvalue weighted by atomic mass is 9.98. The van der Waals surface area contributed by atoms with Crippen LogP contribution in [0.15, 0.2) is 53.9 Å². The van der Waals surface area contributed by atoms with Gasteiger partial charge in [-0.3, -0.25) is 4.79 Å². The molecule has 0 saturated heterocycles. The van der Waals surface area contributed by atoms with Crippen LogP contribution in [0.1, 0.15) is 39.5 Å². The van der Waals surface area contributed by atoms with Gasteiger partial charge in [-0.1, -0.05) is 56.5 Å². The van der Waals surface area contributed by atoms with Gasteiger partial charge in [0.15, 0.2) is 5.13 Å². The molecule has 0 bridgehead atoms. The number of rotatable bonds is 9. The fourth-order valence-electron chi connectivity index (χ4n) is 3.09. The third-order valence-electron chi connectivity index (χ3n) is 4.80. The summed E-state index contributed by atoms with van der Waals surface area (Å²) in [6.45, 7) is 4.22. The highest BCUT2D eigenvalue weighted by Gasteiger charge is 2.16. The topological polar surface area (TPSA) is 54.0 Å². The Labute approximate surface area is 181 Å². The predicted molar refractivity (Wildman–Crippen MR) is 124 cm³/mol. The second-order valence-electron chi connectivity index (χ2n) is 6.99. The van der Waals surface area contributed by atoms with Crippen molar-refractivity contribution >= 4 is 45.4 Å². The summed E-state index contributed by atoms with van der Waals surface area (Å²) in [5, 5.41) is 9.82. The molecule has 1 heterocycles. The Bertz CT molecular complexity index is 939. The molecule has 3 aromatic rings. The quantitative estimate of drug-likeness (QED) is 0.375.